The highest BCUT2D eigenvalue weighted by atomic mass is 15.0. The normalized spacial score (nSPS) is 15.6. The Kier molecular flexibility index (Phi) is 21.2. The highest BCUT2D eigenvalue weighted by Crippen LogP contribution is 2.61. The average Bonchev–Trinajstić information content (AvgIpc) is 1.55. The SMILES string of the molecule is CC1(C)c2ccccc2-c2c1ccc1c2Cc2ccccc2-1.CC1(C)c2ccccc2-c2c1ccc1c2Cc2ccccc2-1.CC1(C)c2ccccc2-c2cc3c(cc21)-c1c(ccc2ccccc12)C3(C)C.CC1(C)c2ccccc2-c2cc3c(cc21)-c1c(ccc2ccccc12)C3(C)C.CN(C)C.CN(C)C.CN(C)C.CN(C)C. The minimum atomic E-state index is 0.0193. The molecule has 0 aromatic heterocycles. The molecule has 0 heterocycles. The molecule has 588 valence electrons. The smallest absolute Gasteiger partial charge is 0.0159 e. The molecule has 4 heteroatoms. The van der Waals surface area contributed by atoms with Crippen molar-refractivity contribution in [1.29, 1.82) is 0 Å². The van der Waals surface area contributed by atoms with Crippen molar-refractivity contribution in [3.05, 3.63) is 356 Å². The molecule has 14 aromatic rings. The van der Waals surface area contributed by atoms with Crippen LogP contribution in [0.1, 0.15) is 172 Å². The molecule has 0 saturated carbocycles. The fraction of sp³-hybridized carbons (Fsp3) is 0.286. The molecule has 0 amide bonds. The summed E-state index contributed by atoms with van der Waals surface area (Å²) < 4.78 is 0. The standard InChI is InChI=1S/2C28H24.2C22H18.4C3H9N/c2*1-27(2)22-12-8-7-11-19(22)20-15-25-21(16-24(20)27)26-18-10-6-5-9-17(18)13-14-23(26)28(25,3)4;2*1-22(2)19-10-6-5-9-17(19)21-18-13-14-7-3-4-8-15(14)16(18)11-12-20(21)22;4*1-4(2)3/h2*5-16H,1-4H3;2*3-12H,13H2,1-2H3;4*1-3H3. The lowest BCUT2D eigenvalue weighted by molar-refractivity contribution is 0.505. The zero-order valence-corrected chi connectivity index (χ0v) is 73.6. The van der Waals surface area contributed by atoms with Crippen LogP contribution in [0.2, 0.25) is 0 Å². The first-order chi connectivity index (χ1) is 55.1. The lowest BCUT2D eigenvalue weighted by Gasteiger charge is -2.24. The van der Waals surface area contributed by atoms with Gasteiger partial charge >= 0.3 is 0 Å². The second-order valence-electron chi connectivity index (χ2n) is 38.3. The highest BCUT2D eigenvalue weighted by Gasteiger charge is 2.46. The second kappa shape index (κ2) is 30.5. The number of nitrogens with zero attached hydrogens (tertiary/aromatic N) is 4. The van der Waals surface area contributed by atoms with E-state index < -0.39 is 0 Å². The number of hydrogen-bond acceptors (Lipinski definition) is 4. The molecule has 0 fully saturated rings. The van der Waals surface area contributed by atoms with Crippen molar-refractivity contribution >= 4 is 21.5 Å². The Balaban J connectivity index is 0.000000115. The molecular formula is C112H120N4. The van der Waals surface area contributed by atoms with Crippen LogP contribution in [-0.2, 0) is 45.3 Å². The summed E-state index contributed by atoms with van der Waals surface area (Å²) in [4.78, 5) is 8.00. The lowest BCUT2D eigenvalue weighted by Crippen LogP contribution is -2.16. The minimum absolute atomic E-state index is 0.0193. The van der Waals surface area contributed by atoms with E-state index >= 15 is 0 Å². The van der Waals surface area contributed by atoms with Gasteiger partial charge in [0.1, 0.15) is 0 Å². The maximum Gasteiger partial charge on any atom is 0.0159 e. The molecule has 0 N–H and O–H groups in total. The van der Waals surface area contributed by atoms with Gasteiger partial charge in [-0.05, 0) is 321 Å². The van der Waals surface area contributed by atoms with E-state index in [1.165, 1.54) is 200 Å². The van der Waals surface area contributed by atoms with Gasteiger partial charge in [-0.25, -0.2) is 0 Å². The zero-order valence-electron chi connectivity index (χ0n) is 73.6. The molecule has 0 radical (unpaired) electrons. The third kappa shape index (κ3) is 13.7. The molecule has 0 unspecified atom stereocenters. The van der Waals surface area contributed by atoms with Gasteiger partial charge in [0.25, 0.3) is 0 Å². The third-order valence-electron chi connectivity index (χ3n) is 25.6. The minimum Gasteiger partial charge on any atom is -0.312 e. The molecule has 8 aliphatic carbocycles. The molecule has 14 aromatic carbocycles. The van der Waals surface area contributed by atoms with Gasteiger partial charge in [0.05, 0.1) is 0 Å². The van der Waals surface area contributed by atoms with Crippen molar-refractivity contribution in [2.24, 2.45) is 0 Å². The van der Waals surface area contributed by atoms with Crippen LogP contribution in [0.25, 0.3) is 111 Å². The van der Waals surface area contributed by atoms with Crippen LogP contribution in [-0.4, -0.2) is 104 Å². The summed E-state index contributed by atoms with van der Waals surface area (Å²) in [5.41, 5.74) is 46.8. The van der Waals surface area contributed by atoms with Crippen molar-refractivity contribution in [2.45, 2.75) is 128 Å². The predicted molar refractivity (Wildman–Crippen MR) is 501 cm³/mol. The van der Waals surface area contributed by atoms with E-state index in [2.05, 4.69) is 350 Å². The molecule has 0 bridgehead atoms. The number of rotatable bonds is 0. The van der Waals surface area contributed by atoms with Crippen LogP contribution in [0.5, 0.6) is 0 Å². The molecule has 0 spiro atoms. The number of benzene rings is 14. The predicted octanol–water partition coefficient (Wildman–Crippen LogP) is 26.7. The van der Waals surface area contributed by atoms with E-state index in [9.17, 15) is 0 Å². The number of hydrogen-bond donors (Lipinski definition) is 0. The van der Waals surface area contributed by atoms with Gasteiger partial charge < -0.3 is 19.6 Å². The molecule has 4 nitrogen and oxygen atoms in total. The Morgan fingerprint density at radius 1 is 0.181 bits per heavy atom. The number of fused-ring (bicyclic) bond motifs is 30. The van der Waals surface area contributed by atoms with Crippen molar-refractivity contribution in [2.75, 3.05) is 84.6 Å². The van der Waals surface area contributed by atoms with Crippen LogP contribution in [0, 0.1) is 0 Å². The van der Waals surface area contributed by atoms with Gasteiger partial charge in [-0.2, -0.15) is 0 Å². The molecular weight excluding hydrogens is 1400 g/mol. The molecule has 0 atom stereocenters. The van der Waals surface area contributed by atoms with Crippen LogP contribution in [0.4, 0.5) is 0 Å². The van der Waals surface area contributed by atoms with E-state index in [0.29, 0.717) is 0 Å². The first kappa shape index (κ1) is 80.6. The molecule has 116 heavy (non-hydrogen) atoms. The van der Waals surface area contributed by atoms with Gasteiger partial charge in [0.2, 0.25) is 0 Å². The van der Waals surface area contributed by atoms with E-state index in [-0.39, 0.29) is 32.5 Å². The van der Waals surface area contributed by atoms with E-state index in [1.54, 1.807) is 0 Å². The van der Waals surface area contributed by atoms with Crippen molar-refractivity contribution < 1.29 is 0 Å². The summed E-state index contributed by atoms with van der Waals surface area (Å²) in [7, 11) is 24.0. The summed E-state index contributed by atoms with van der Waals surface area (Å²) in [5.74, 6) is 0. The fourth-order valence-corrected chi connectivity index (χ4v) is 20.3. The van der Waals surface area contributed by atoms with E-state index in [4.69, 9.17) is 0 Å². The molecule has 8 aliphatic rings. The molecule has 0 aliphatic heterocycles. The summed E-state index contributed by atoms with van der Waals surface area (Å²) in [6.07, 6.45) is 2.14. The van der Waals surface area contributed by atoms with E-state index in [1.807, 2.05) is 104 Å². The monoisotopic (exact) mass is 1520 g/mol. The van der Waals surface area contributed by atoms with Crippen LogP contribution in [0.3, 0.4) is 0 Å². The maximum absolute atomic E-state index is 2.50. The second-order valence-corrected chi connectivity index (χ2v) is 38.3. The highest BCUT2D eigenvalue weighted by molar-refractivity contribution is 6.06. The van der Waals surface area contributed by atoms with Crippen LogP contribution < -0.4 is 0 Å². The van der Waals surface area contributed by atoms with Crippen LogP contribution >= 0.6 is 0 Å². The zero-order chi connectivity index (χ0) is 82.6. The maximum atomic E-state index is 2.50. The van der Waals surface area contributed by atoms with Gasteiger partial charge in [-0.1, -0.05) is 326 Å². The Labute approximate surface area is 694 Å². The third-order valence-corrected chi connectivity index (χ3v) is 25.6. The summed E-state index contributed by atoms with van der Waals surface area (Å²) in [6.45, 7) is 28.4. The molecule has 0 saturated heterocycles. The summed E-state index contributed by atoms with van der Waals surface area (Å²) in [6, 6.07) is 99.7. The Morgan fingerprint density at radius 3 is 0.759 bits per heavy atom. The van der Waals surface area contributed by atoms with Crippen molar-refractivity contribution in [1.82, 2.24) is 19.6 Å². The van der Waals surface area contributed by atoms with Gasteiger partial charge in [0.15, 0.2) is 0 Å². The van der Waals surface area contributed by atoms with E-state index in [0.717, 1.165) is 12.8 Å². The molecule has 22 rings (SSSR count). The quantitative estimate of drug-likeness (QED) is 0.150. The Hall–Kier alpha value is -10.6. The van der Waals surface area contributed by atoms with Gasteiger partial charge in [-0.3, -0.25) is 0 Å². The summed E-state index contributed by atoms with van der Waals surface area (Å²) >= 11 is 0. The van der Waals surface area contributed by atoms with Crippen molar-refractivity contribution in [3.63, 3.8) is 0 Å². The van der Waals surface area contributed by atoms with Crippen LogP contribution in [0.15, 0.2) is 267 Å². The lowest BCUT2D eigenvalue weighted by atomic mass is 9.79. The Bertz CT molecular complexity index is 5760. The Morgan fingerprint density at radius 2 is 0.414 bits per heavy atom. The topological polar surface area (TPSA) is 13.0 Å². The van der Waals surface area contributed by atoms with Gasteiger partial charge in [-0.15, -0.1) is 0 Å². The van der Waals surface area contributed by atoms with Crippen molar-refractivity contribution in [3.8, 4) is 89.0 Å². The van der Waals surface area contributed by atoms with Gasteiger partial charge in [0, 0.05) is 32.5 Å². The summed E-state index contributed by atoms with van der Waals surface area (Å²) in [5, 5.41) is 5.40. The first-order valence-electron chi connectivity index (χ1n) is 41.9. The average molecular weight is 1520 g/mol. The largest absolute Gasteiger partial charge is 0.312 e. The first-order valence-corrected chi connectivity index (χ1v) is 41.9. The fourth-order valence-electron chi connectivity index (χ4n) is 20.3.